The zero-order valence-electron chi connectivity index (χ0n) is 27.3. The van der Waals surface area contributed by atoms with Crippen LogP contribution in [-0.4, -0.2) is 41.2 Å². The quantitative estimate of drug-likeness (QED) is 0.126. The van der Waals surface area contributed by atoms with Crippen molar-refractivity contribution in [2.24, 2.45) is 0 Å². The molecule has 48 heavy (non-hydrogen) atoms. The molecule has 0 heterocycles. The van der Waals surface area contributed by atoms with Crippen molar-refractivity contribution in [2.45, 2.75) is 76.1 Å². The highest BCUT2D eigenvalue weighted by Gasteiger charge is 2.60. The topological polar surface area (TPSA) is 66.4 Å². The molecule has 248 valence electrons. The Morgan fingerprint density at radius 1 is 0.417 bits per heavy atom. The Morgan fingerprint density at radius 2 is 0.688 bits per heavy atom. The molecule has 0 radical (unpaired) electrons. The van der Waals surface area contributed by atoms with Crippen LogP contribution in [0.5, 0.6) is 0 Å². The molecule has 1 fully saturated rings. The molecule has 0 aromatic heterocycles. The van der Waals surface area contributed by atoms with E-state index in [0.29, 0.717) is 19.8 Å². The molecule has 6 rings (SSSR count). The minimum Gasteiger partial charge on any atom is -0.387 e. The summed E-state index contributed by atoms with van der Waals surface area (Å²) in [5.41, 5.74) is 3.88. The number of aliphatic hydroxyl groups excluding tert-OH is 1. The summed E-state index contributed by atoms with van der Waals surface area (Å²) in [6.07, 6.45) is -4.14. The van der Waals surface area contributed by atoms with E-state index in [1.54, 1.807) is 0 Å². The maximum Gasteiger partial charge on any atom is 0.123 e. The van der Waals surface area contributed by atoms with Crippen molar-refractivity contribution >= 4 is 0 Å². The van der Waals surface area contributed by atoms with Crippen LogP contribution in [0, 0.1) is 0 Å². The van der Waals surface area contributed by atoms with Crippen LogP contribution in [0.3, 0.4) is 0 Å². The molecule has 2 unspecified atom stereocenters. The largest absolute Gasteiger partial charge is 0.387 e. The standard InChI is InChI=1S/C42H44O6/c1-42(48-31-36-25-15-6-16-26-36)40(46-29-34-21-11-4-12-22-34)38(44-27-32-17-7-2-8-18-32)37(43)39(45-28-33-19-9-3-10-20-33)41(42)47-30-35-23-13-5-14-24-35/h2-26,37-41,43H,27-31H2,1H3/t37?,38-,39+,40+,41-,42?. The van der Waals surface area contributed by atoms with Crippen molar-refractivity contribution in [1.29, 1.82) is 0 Å². The summed E-state index contributed by atoms with van der Waals surface area (Å²) in [5, 5.41) is 12.3. The summed E-state index contributed by atoms with van der Waals surface area (Å²) in [5.74, 6) is 0. The highest BCUT2D eigenvalue weighted by Crippen LogP contribution is 2.41. The normalized spacial score (nSPS) is 23.9. The molecule has 1 saturated carbocycles. The lowest BCUT2D eigenvalue weighted by molar-refractivity contribution is -0.317. The van der Waals surface area contributed by atoms with E-state index in [0.717, 1.165) is 27.8 Å². The van der Waals surface area contributed by atoms with Crippen LogP contribution in [-0.2, 0) is 56.7 Å². The smallest absolute Gasteiger partial charge is 0.123 e. The molecule has 5 aromatic rings. The van der Waals surface area contributed by atoms with Crippen molar-refractivity contribution in [3.8, 4) is 0 Å². The first-order chi connectivity index (χ1) is 23.6. The summed E-state index contributed by atoms with van der Waals surface area (Å²) in [4.78, 5) is 0. The minimum absolute atomic E-state index is 0.281. The van der Waals surface area contributed by atoms with Gasteiger partial charge in [-0.2, -0.15) is 0 Å². The van der Waals surface area contributed by atoms with Crippen molar-refractivity contribution in [3.05, 3.63) is 179 Å². The molecule has 5 aromatic carbocycles. The maximum atomic E-state index is 12.3. The van der Waals surface area contributed by atoms with Crippen molar-refractivity contribution < 1.29 is 28.8 Å². The first-order valence-electron chi connectivity index (χ1n) is 16.6. The predicted molar refractivity (Wildman–Crippen MR) is 186 cm³/mol. The van der Waals surface area contributed by atoms with E-state index in [4.69, 9.17) is 23.7 Å². The number of rotatable bonds is 15. The molecule has 0 bridgehead atoms. The Labute approximate surface area is 283 Å². The SMILES string of the molecule is CC1(OCc2ccccc2)[C@H](OCc2ccccc2)[C@@H](OCc2ccccc2)C(O)[C@@H](OCc2ccccc2)[C@@H]1OCc1ccccc1. The molecule has 6 nitrogen and oxygen atoms in total. The number of ether oxygens (including phenoxy) is 5. The van der Waals surface area contributed by atoms with Gasteiger partial charge < -0.3 is 28.8 Å². The second-order valence-corrected chi connectivity index (χ2v) is 12.4. The molecule has 0 spiro atoms. The van der Waals surface area contributed by atoms with Gasteiger partial charge in [0.1, 0.15) is 36.1 Å². The van der Waals surface area contributed by atoms with Crippen LogP contribution in [0.25, 0.3) is 0 Å². The van der Waals surface area contributed by atoms with Crippen LogP contribution in [0.2, 0.25) is 0 Å². The molecule has 6 heteroatoms. The number of hydrogen-bond donors (Lipinski definition) is 1. The van der Waals surface area contributed by atoms with Gasteiger partial charge in [0.05, 0.1) is 33.0 Å². The van der Waals surface area contributed by atoms with Gasteiger partial charge in [-0.25, -0.2) is 0 Å². The number of hydrogen-bond acceptors (Lipinski definition) is 6. The summed E-state index contributed by atoms with van der Waals surface area (Å²) in [7, 11) is 0. The summed E-state index contributed by atoms with van der Waals surface area (Å²) in [6.45, 7) is 3.47. The second-order valence-electron chi connectivity index (χ2n) is 12.4. The van der Waals surface area contributed by atoms with Crippen LogP contribution in [0.4, 0.5) is 0 Å². The average molecular weight is 645 g/mol. The number of aliphatic hydroxyl groups is 1. The molecule has 1 aliphatic carbocycles. The van der Waals surface area contributed by atoms with Gasteiger partial charge in [-0.3, -0.25) is 0 Å². The lowest BCUT2D eigenvalue weighted by Gasteiger charge is -2.54. The van der Waals surface area contributed by atoms with E-state index < -0.39 is 36.1 Å². The third-order valence-electron chi connectivity index (χ3n) is 8.91. The monoisotopic (exact) mass is 644 g/mol. The summed E-state index contributed by atoms with van der Waals surface area (Å²) >= 11 is 0. The predicted octanol–water partition coefficient (Wildman–Crippen LogP) is 7.68. The van der Waals surface area contributed by atoms with Crippen LogP contribution in [0.15, 0.2) is 152 Å². The van der Waals surface area contributed by atoms with E-state index in [2.05, 4.69) is 0 Å². The summed E-state index contributed by atoms with van der Waals surface area (Å²) in [6, 6.07) is 50.0. The van der Waals surface area contributed by atoms with Gasteiger partial charge in [0.25, 0.3) is 0 Å². The molecule has 0 aliphatic heterocycles. The van der Waals surface area contributed by atoms with Gasteiger partial charge in [-0.15, -0.1) is 0 Å². The van der Waals surface area contributed by atoms with E-state index in [1.165, 1.54) is 0 Å². The summed E-state index contributed by atoms with van der Waals surface area (Å²) < 4.78 is 33.8. The molecular weight excluding hydrogens is 600 g/mol. The van der Waals surface area contributed by atoms with Gasteiger partial charge in [-0.1, -0.05) is 152 Å². The van der Waals surface area contributed by atoms with E-state index in [-0.39, 0.29) is 13.2 Å². The molecule has 0 amide bonds. The minimum atomic E-state index is -1.11. The Hall–Kier alpha value is -4.14. The fraction of sp³-hybridized carbons (Fsp3) is 0.286. The van der Waals surface area contributed by atoms with E-state index >= 15 is 0 Å². The van der Waals surface area contributed by atoms with Crippen LogP contribution in [0.1, 0.15) is 34.7 Å². The third-order valence-corrected chi connectivity index (χ3v) is 8.91. The molecule has 6 atom stereocenters. The Kier molecular flexibility index (Phi) is 11.8. The van der Waals surface area contributed by atoms with E-state index in [9.17, 15) is 5.11 Å². The Balaban J connectivity index is 1.38. The van der Waals surface area contributed by atoms with Gasteiger partial charge in [-0.05, 0) is 34.7 Å². The first-order valence-corrected chi connectivity index (χ1v) is 16.6. The highest BCUT2D eigenvalue weighted by atomic mass is 16.6. The molecule has 1 aliphatic rings. The second kappa shape index (κ2) is 16.8. The molecular formula is C42H44O6. The van der Waals surface area contributed by atoms with Crippen LogP contribution < -0.4 is 0 Å². The maximum absolute atomic E-state index is 12.3. The highest BCUT2D eigenvalue weighted by molar-refractivity contribution is 5.20. The van der Waals surface area contributed by atoms with Crippen LogP contribution >= 0.6 is 0 Å². The lowest BCUT2D eigenvalue weighted by atomic mass is 9.75. The molecule has 0 saturated heterocycles. The fourth-order valence-electron chi connectivity index (χ4n) is 6.28. The Morgan fingerprint density at radius 3 is 1.00 bits per heavy atom. The lowest BCUT2D eigenvalue weighted by Crippen LogP contribution is -2.72. The number of benzene rings is 5. The Bertz CT molecular complexity index is 1520. The van der Waals surface area contributed by atoms with Gasteiger partial charge in [0, 0.05) is 0 Å². The van der Waals surface area contributed by atoms with Gasteiger partial charge >= 0.3 is 0 Å². The first kappa shape index (κ1) is 33.7. The zero-order valence-corrected chi connectivity index (χ0v) is 27.3. The van der Waals surface area contributed by atoms with Gasteiger partial charge in [0.2, 0.25) is 0 Å². The zero-order chi connectivity index (χ0) is 33.0. The average Bonchev–Trinajstić information content (AvgIpc) is 3.15. The van der Waals surface area contributed by atoms with Gasteiger partial charge in [0.15, 0.2) is 0 Å². The van der Waals surface area contributed by atoms with E-state index in [1.807, 2.05) is 159 Å². The van der Waals surface area contributed by atoms with Crippen molar-refractivity contribution in [1.82, 2.24) is 0 Å². The fourth-order valence-corrected chi connectivity index (χ4v) is 6.28. The molecule has 1 N–H and O–H groups in total. The van der Waals surface area contributed by atoms with Crippen molar-refractivity contribution in [3.63, 3.8) is 0 Å². The van der Waals surface area contributed by atoms with Crippen molar-refractivity contribution in [2.75, 3.05) is 0 Å². The third kappa shape index (κ3) is 8.65.